The van der Waals surface area contributed by atoms with Crippen LogP contribution in [0.1, 0.15) is 34.6 Å². The van der Waals surface area contributed by atoms with Crippen molar-refractivity contribution in [2.75, 3.05) is 0 Å². The Bertz CT molecular complexity index is 1470. The molecule has 7 nitrogen and oxygen atoms in total. The quantitative estimate of drug-likeness (QED) is 0.362. The van der Waals surface area contributed by atoms with Gasteiger partial charge in [-0.2, -0.15) is 0 Å². The summed E-state index contributed by atoms with van der Waals surface area (Å²) in [5, 5.41) is 13.3. The maximum absolute atomic E-state index is 12.9. The van der Waals surface area contributed by atoms with E-state index in [2.05, 4.69) is 4.98 Å². The van der Waals surface area contributed by atoms with E-state index in [9.17, 15) is 19.5 Å². The molecule has 0 aliphatic carbocycles. The number of rotatable bonds is 5. The Morgan fingerprint density at radius 2 is 1.94 bits per heavy atom. The van der Waals surface area contributed by atoms with Gasteiger partial charge in [0.15, 0.2) is 0 Å². The minimum absolute atomic E-state index is 0. The van der Waals surface area contributed by atoms with Crippen LogP contribution in [0, 0.1) is 5.92 Å². The second-order valence-corrected chi connectivity index (χ2v) is 9.29. The van der Waals surface area contributed by atoms with E-state index in [1.54, 1.807) is 0 Å². The minimum Gasteiger partial charge on any atom is -0.545 e. The van der Waals surface area contributed by atoms with Crippen LogP contribution in [0.15, 0.2) is 40.1 Å². The second-order valence-electron chi connectivity index (χ2n) is 7.80. The first-order valence-corrected chi connectivity index (χ1v) is 10.9. The van der Waals surface area contributed by atoms with Gasteiger partial charge in [-0.15, -0.1) is 11.3 Å². The van der Waals surface area contributed by atoms with Gasteiger partial charge in [-0.3, -0.25) is 18.9 Å². The first-order valence-electron chi connectivity index (χ1n) is 9.69. The first-order chi connectivity index (χ1) is 14.7. The van der Waals surface area contributed by atoms with E-state index in [4.69, 9.17) is 11.6 Å². The zero-order valence-corrected chi connectivity index (χ0v) is 21.7. The van der Waals surface area contributed by atoms with E-state index in [1.807, 2.05) is 38.1 Å². The second kappa shape index (κ2) is 9.49. The molecule has 0 saturated heterocycles. The number of carbonyl (C=O) groups excluding carboxylic acids is 1. The van der Waals surface area contributed by atoms with Gasteiger partial charge in [0.05, 0.1) is 21.9 Å². The number of thiophene rings is 1. The summed E-state index contributed by atoms with van der Waals surface area (Å²) in [5.74, 6) is -1.34. The molecule has 4 aromatic rings. The Kier molecular flexibility index (Phi) is 7.31. The van der Waals surface area contributed by atoms with Crippen LogP contribution in [0.2, 0.25) is 5.02 Å². The number of benzene rings is 1. The minimum atomic E-state index is -1.46. The van der Waals surface area contributed by atoms with Crippen molar-refractivity contribution < 1.29 is 39.5 Å². The standard InChI is InChI=1S/C22H20ClN3O4S.Na/c1-11(2)10-26-20-18(19(27)25(3)22(26)30)17(21(28)29)16(31-20)8-13-12-6-4-5-7-15(12)24-9-14(13)23;/h4-7,9,11H,8,10H2,1-3H3,(H,28,29);/q;+1/p-1. The van der Waals surface area contributed by atoms with E-state index in [0.717, 1.165) is 26.8 Å². The van der Waals surface area contributed by atoms with Crippen LogP contribution in [0.3, 0.4) is 0 Å². The number of halogens is 1. The molecule has 0 spiro atoms. The largest absolute Gasteiger partial charge is 1.00 e. The molecule has 0 unspecified atom stereocenters. The van der Waals surface area contributed by atoms with E-state index >= 15 is 0 Å². The van der Waals surface area contributed by atoms with Gasteiger partial charge in [0.1, 0.15) is 4.83 Å². The Morgan fingerprint density at radius 1 is 1.25 bits per heavy atom. The zero-order valence-electron chi connectivity index (χ0n) is 18.1. The third-order valence-electron chi connectivity index (χ3n) is 5.17. The van der Waals surface area contributed by atoms with Crippen molar-refractivity contribution in [2.24, 2.45) is 13.0 Å². The number of aromatic nitrogens is 3. The van der Waals surface area contributed by atoms with E-state index in [-0.39, 0.29) is 52.8 Å². The predicted molar refractivity (Wildman–Crippen MR) is 120 cm³/mol. The van der Waals surface area contributed by atoms with Gasteiger partial charge >= 0.3 is 35.2 Å². The van der Waals surface area contributed by atoms with Crippen molar-refractivity contribution >= 4 is 50.0 Å². The number of para-hydroxylation sites is 1. The number of nitrogens with zero attached hydrogens (tertiary/aromatic N) is 3. The zero-order chi connectivity index (χ0) is 22.4. The van der Waals surface area contributed by atoms with Crippen LogP contribution in [0.5, 0.6) is 0 Å². The molecule has 3 aromatic heterocycles. The predicted octanol–water partition coefficient (Wildman–Crippen LogP) is -0.422. The number of aromatic carboxylic acids is 1. The fourth-order valence-electron chi connectivity index (χ4n) is 3.76. The Morgan fingerprint density at radius 3 is 2.59 bits per heavy atom. The summed E-state index contributed by atoms with van der Waals surface area (Å²) < 4.78 is 2.41. The van der Waals surface area contributed by atoms with Crippen LogP contribution < -0.4 is 45.9 Å². The fraction of sp³-hybridized carbons (Fsp3) is 0.273. The van der Waals surface area contributed by atoms with Crippen molar-refractivity contribution in [3.8, 4) is 0 Å². The molecule has 0 fully saturated rings. The van der Waals surface area contributed by atoms with Crippen LogP contribution in [-0.2, 0) is 20.0 Å². The van der Waals surface area contributed by atoms with Crippen LogP contribution in [-0.4, -0.2) is 20.1 Å². The number of fused-ring (bicyclic) bond motifs is 2. The third-order valence-corrected chi connectivity index (χ3v) is 6.71. The average Bonchev–Trinajstić information content (AvgIpc) is 3.11. The summed E-state index contributed by atoms with van der Waals surface area (Å²) in [4.78, 5) is 42.8. The van der Waals surface area contributed by atoms with Gasteiger partial charge < -0.3 is 9.90 Å². The average molecular weight is 480 g/mol. The number of hydrogen-bond donors (Lipinski definition) is 0. The molecule has 0 saturated carbocycles. The number of carbonyl (C=O) groups is 1. The van der Waals surface area contributed by atoms with Crippen molar-refractivity contribution in [2.45, 2.75) is 26.8 Å². The monoisotopic (exact) mass is 479 g/mol. The first kappa shape index (κ1) is 24.7. The van der Waals surface area contributed by atoms with Gasteiger partial charge in [-0.05, 0) is 17.5 Å². The molecule has 4 rings (SSSR count). The molecule has 10 heteroatoms. The topological polar surface area (TPSA) is 97.0 Å². The third kappa shape index (κ3) is 4.18. The molecular weight excluding hydrogens is 461 g/mol. The van der Waals surface area contributed by atoms with E-state index in [1.165, 1.54) is 17.8 Å². The molecular formula is C22H19ClN3NaO4S. The van der Waals surface area contributed by atoms with Crippen LogP contribution >= 0.6 is 22.9 Å². The molecule has 32 heavy (non-hydrogen) atoms. The molecule has 0 bridgehead atoms. The van der Waals surface area contributed by atoms with Crippen LogP contribution in [0.4, 0.5) is 0 Å². The smallest absolute Gasteiger partial charge is 0.545 e. The summed E-state index contributed by atoms with van der Waals surface area (Å²) in [6.45, 7) is 4.25. The van der Waals surface area contributed by atoms with Crippen molar-refractivity contribution in [1.82, 2.24) is 14.1 Å². The molecule has 0 radical (unpaired) electrons. The molecule has 0 aliphatic heterocycles. The molecule has 3 heterocycles. The molecule has 0 N–H and O–H groups in total. The van der Waals surface area contributed by atoms with Crippen molar-refractivity contribution in [1.29, 1.82) is 0 Å². The van der Waals surface area contributed by atoms with Gasteiger partial charge in [0, 0.05) is 42.0 Å². The summed E-state index contributed by atoms with van der Waals surface area (Å²) in [6.07, 6.45) is 1.70. The summed E-state index contributed by atoms with van der Waals surface area (Å²) >= 11 is 7.54. The molecule has 0 atom stereocenters. The van der Waals surface area contributed by atoms with Crippen molar-refractivity contribution in [3.05, 3.63) is 72.3 Å². The maximum Gasteiger partial charge on any atom is 1.00 e. The Labute approximate surface area is 214 Å². The SMILES string of the molecule is CC(C)Cn1c(=O)n(C)c(=O)c2c(C(=O)[O-])c(Cc3c(Cl)cnc4ccccc34)sc21.[Na+]. The Balaban J connectivity index is 0.00000289. The number of hydrogen-bond acceptors (Lipinski definition) is 6. The molecule has 1 aromatic carbocycles. The van der Waals surface area contributed by atoms with Gasteiger partial charge in [-0.1, -0.05) is 43.6 Å². The molecule has 0 amide bonds. The summed E-state index contributed by atoms with van der Waals surface area (Å²) in [5.41, 5.74) is 0.125. The van der Waals surface area contributed by atoms with E-state index in [0.29, 0.717) is 26.8 Å². The van der Waals surface area contributed by atoms with Crippen LogP contribution in [0.25, 0.3) is 21.1 Å². The van der Waals surface area contributed by atoms with Gasteiger partial charge in [0.25, 0.3) is 5.56 Å². The summed E-state index contributed by atoms with van der Waals surface area (Å²) in [6, 6.07) is 7.41. The Hall–Kier alpha value is -1.97. The van der Waals surface area contributed by atoms with Crippen molar-refractivity contribution in [3.63, 3.8) is 0 Å². The fourth-order valence-corrected chi connectivity index (χ4v) is 5.27. The number of pyridine rings is 1. The van der Waals surface area contributed by atoms with E-state index < -0.39 is 17.2 Å². The van der Waals surface area contributed by atoms with Gasteiger partial charge in [-0.25, -0.2) is 4.79 Å². The number of carboxylic acid groups (broad SMARTS) is 1. The molecule has 160 valence electrons. The molecule has 0 aliphatic rings. The summed E-state index contributed by atoms with van der Waals surface area (Å²) in [7, 11) is 1.35. The normalized spacial score (nSPS) is 11.3. The number of carboxylic acids is 1. The van der Waals surface area contributed by atoms with Gasteiger partial charge in [0.2, 0.25) is 0 Å². The maximum atomic E-state index is 12.9.